The molecule has 3 aliphatic heterocycles. The molecule has 4 rings (SSSR count). The fourth-order valence-corrected chi connectivity index (χ4v) is 6.37. The predicted molar refractivity (Wildman–Crippen MR) is 168 cm³/mol. The first kappa shape index (κ1) is 33.3. The van der Waals surface area contributed by atoms with Gasteiger partial charge in [-0.25, -0.2) is 4.39 Å². The largest absolute Gasteiger partial charge is 0.494 e. The quantitative estimate of drug-likeness (QED) is 0.109. The van der Waals surface area contributed by atoms with Crippen LogP contribution in [0.1, 0.15) is 51.4 Å². The summed E-state index contributed by atoms with van der Waals surface area (Å²) in [5.41, 5.74) is 0.531. The maximum atomic E-state index is 14.7. The van der Waals surface area contributed by atoms with Crippen LogP contribution >= 0.6 is 11.6 Å². The second kappa shape index (κ2) is 15.9. The van der Waals surface area contributed by atoms with E-state index in [0.717, 1.165) is 64.1 Å². The molecule has 4 N–H and O–H groups in total. The minimum Gasteiger partial charge on any atom is -0.494 e. The van der Waals surface area contributed by atoms with E-state index in [9.17, 15) is 14.3 Å². The number of carbonyl (C=O) groups is 1. The number of aliphatic hydroxyl groups excluding tert-OH is 2. The van der Waals surface area contributed by atoms with Crippen molar-refractivity contribution >= 4 is 17.5 Å². The number of hydrogen-bond acceptors (Lipinski definition) is 7. The fourth-order valence-electron chi connectivity index (χ4n) is 6.24. The van der Waals surface area contributed by atoms with Crippen molar-refractivity contribution in [3.8, 4) is 0 Å². The Hall–Kier alpha value is -2.59. The van der Waals surface area contributed by atoms with Crippen molar-refractivity contribution in [3.05, 3.63) is 71.7 Å². The summed E-state index contributed by atoms with van der Waals surface area (Å²) in [5.74, 6) is 1.65. The van der Waals surface area contributed by atoms with Crippen molar-refractivity contribution < 1.29 is 24.1 Å². The number of aliphatic hydroxyl groups is 2. The zero-order valence-corrected chi connectivity index (χ0v) is 26.0. The topological polar surface area (TPSA) is 97.3 Å². The van der Waals surface area contributed by atoms with Crippen LogP contribution in [0.5, 0.6) is 0 Å². The Kier molecular flexibility index (Phi) is 12.3. The van der Waals surface area contributed by atoms with E-state index in [1.807, 2.05) is 18.4 Å². The standard InChI is InChI=1S/C33H48ClFN4O4/c1-24(16-32(42)39-21-26(22-39)19-36-12-4-3-7-29(41)23-40)30(35)17-25(2)43-15-9-27-18-33(27)10-13-38(14-11-33)31-8-5-6-28(34)20-37-31/h5-6,8,17,20,26-27,29,36-37,40-41H,1-4,7,9-16,18-19,21-23H2/b30-17+/t27?,29-/m0/s1. The molecule has 8 nitrogen and oxygen atoms in total. The van der Waals surface area contributed by atoms with Gasteiger partial charge in [-0.15, -0.1) is 0 Å². The molecule has 0 aromatic heterocycles. The lowest BCUT2D eigenvalue weighted by atomic mass is 9.90. The van der Waals surface area contributed by atoms with Gasteiger partial charge in [-0.2, -0.15) is 0 Å². The van der Waals surface area contributed by atoms with Gasteiger partial charge in [0.1, 0.15) is 17.4 Å². The van der Waals surface area contributed by atoms with Crippen molar-refractivity contribution in [2.75, 3.05) is 52.5 Å². The summed E-state index contributed by atoms with van der Waals surface area (Å²) >= 11 is 6.08. The molecule has 1 amide bonds. The van der Waals surface area contributed by atoms with Crippen molar-refractivity contribution in [2.24, 2.45) is 17.3 Å². The second-order valence-corrected chi connectivity index (χ2v) is 12.8. The van der Waals surface area contributed by atoms with Crippen molar-refractivity contribution in [1.82, 2.24) is 20.4 Å². The summed E-state index contributed by atoms with van der Waals surface area (Å²) in [6.07, 6.45) is 15.1. The SMILES string of the molecule is C=C(/C=C(/F)C(=C)CC(=O)N1CC(CNCCCC[C@H](O)CO)C1)OCCC1CC12CCN(C1=CC=CC(Cl)=CN1)CC2. The third-order valence-corrected chi connectivity index (χ3v) is 9.40. The molecule has 2 atom stereocenters. The minimum atomic E-state index is -0.633. The number of rotatable bonds is 17. The lowest BCUT2D eigenvalue weighted by Crippen LogP contribution is -2.53. The molecule has 2 saturated heterocycles. The van der Waals surface area contributed by atoms with Gasteiger partial charge in [-0.05, 0) is 80.5 Å². The number of amides is 1. The van der Waals surface area contributed by atoms with Gasteiger partial charge in [0.25, 0.3) is 0 Å². The molecule has 3 heterocycles. The molecule has 43 heavy (non-hydrogen) atoms. The third-order valence-electron chi connectivity index (χ3n) is 9.16. The second-order valence-electron chi connectivity index (χ2n) is 12.4. The van der Waals surface area contributed by atoms with Crippen LogP contribution in [0.4, 0.5) is 4.39 Å². The molecule has 0 aromatic rings. The maximum Gasteiger partial charge on any atom is 0.227 e. The van der Waals surface area contributed by atoms with Gasteiger partial charge in [0.15, 0.2) is 0 Å². The van der Waals surface area contributed by atoms with Crippen LogP contribution in [0.15, 0.2) is 71.7 Å². The zero-order chi connectivity index (χ0) is 30.8. The van der Waals surface area contributed by atoms with Gasteiger partial charge < -0.3 is 35.4 Å². The highest BCUT2D eigenvalue weighted by Crippen LogP contribution is 2.61. The molecule has 3 fully saturated rings. The van der Waals surface area contributed by atoms with Gasteiger partial charge in [-0.1, -0.05) is 30.8 Å². The van der Waals surface area contributed by atoms with Crippen LogP contribution < -0.4 is 10.6 Å². The van der Waals surface area contributed by atoms with Crippen molar-refractivity contribution in [3.63, 3.8) is 0 Å². The number of nitrogens with zero attached hydrogens (tertiary/aromatic N) is 2. The van der Waals surface area contributed by atoms with E-state index in [4.69, 9.17) is 21.4 Å². The van der Waals surface area contributed by atoms with E-state index < -0.39 is 11.9 Å². The van der Waals surface area contributed by atoms with Crippen LogP contribution in [0.3, 0.4) is 0 Å². The minimum absolute atomic E-state index is 0.0589. The Morgan fingerprint density at radius 3 is 2.81 bits per heavy atom. The zero-order valence-electron chi connectivity index (χ0n) is 25.2. The van der Waals surface area contributed by atoms with Crippen LogP contribution in [0.2, 0.25) is 0 Å². The molecule has 0 aromatic carbocycles. The Labute approximate surface area is 260 Å². The molecule has 1 aliphatic carbocycles. The molecule has 238 valence electrons. The van der Waals surface area contributed by atoms with Gasteiger partial charge in [-0.3, -0.25) is 4.79 Å². The van der Waals surface area contributed by atoms with Crippen LogP contribution in [0.25, 0.3) is 0 Å². The Morgan fingerprint density at radius 2 is 2.07 bits per heavy atom. The number of allylic oxidation sites excluding steroid dienone is 6. The third kappa shape index (κ3) is 9.96. The van der Waals surface area contributed by atoms with Gasteiger partial charge in [0.05, 0.1) is 30.8 Å². The molecule has 0 radical (unpaired) electrons. The highest BCUT2D eigenvalue weighted by molar-refractivity contribution is 6.31. The molecular formula is C33H48ClFN4O4. The van der Waals surface area contributed by atoms with Crippen molar-refractivity contribution in [1.29, 1.82) is 0 Å². The Morgan fingerprint density at radius 1 is 1.30 bits per heavy atom. The number of nitrogens with one attached hydrogen (secondary N) is 2. The van der Waals surface area contributed by atoms with E-state index >= 15 is 0 Å². The summed E-state index contributed by atoms with van der Waals surface area (Å²) in [4.78, 5) is 16.7. The average Bonchev–Trinajstić information content (AvgIpc) is 3.68. The Bertz CT molecular complexity index is 1120. The molecule has 1 spiro atoms. The molecular weight excluding hydrogens is 571 g/mol. The van der Waals surface area contributed by atoms with E-state index in [2.05, 4.69) is 34.8 Å². The first-order valence-corrected chi connectivity index (χ1v) is 16.0. The highest BCUT2D eigenvalue weighted by Gasteiger charge is 2.54. The smallest absolute Gasteiger partial charge is 0.227 e. The molecule has 4 aliphatic rings. The number of unbranched alkanes of at least 4 members (excludes halogenated alkanes) is 1. The number of carbonyl (C=O) groups excluding carboxylic acids is 1. The van der Waals surface area contributed by atoms with Crippen LogP contribution in [-0.4, -0.2) is 84.5 Å². The number of ether oxygens (including phenoxy) is 1. The van der Waals surface area contributed by atoms with Crippen molar-refractivity contribution in [2.45, 2.75) is 57.5 Å². The number of hydrogen-bond donors (Lipinski definition) is 4. The summed E-state index contributed by atoms with van der Waals surface area (Å²) in [7, 11) is 0. The number of likely N-dealkylation sites (tertiary alicyclic amines) is 2. The lowest BCUT2D eigenvalue weighted by Gasteiger charge is -2.39. The van der Waals surface area contributed by atoms with E-state index in [-0.39, 0.29) is 30.3 Å². The van der Waals surface area contributed by atoms with E-state index in [1.165, 1.54) is 12.5 Å². The molecule has 1 saturated carbocycles. The van der Waals surface area contributed by atoms with Crippen LogP contribution in [-0.2, 0) is 9.53 Å². The summed E-state index contributed by atoms with van der Waals surface area (Å²) in [6, 6.07) is 0. The van der Waals surface area contributed by atoms with Crippen LogP contribution in [0, 0.1) is 17.3 Å². The van der Waals surface area contributed by atoms with Gasteiger partial charge in [0.2, 0.25) is 5.91 Å². The maximum absolute atomic E-state index is 14.7. The first-order chi connectivity index (χ1) is 20.7. The Balaban J connectivity index is 1.05. The average molecular weight is 619 g/mol. The molecule has 10 heteroatoms. The number of halogens is 2. The fraction of sp³-hybridized carbons (Fsp3) is 0.606. The molecule has 0 bridgehead atoms. The highest BCUT2D eigenvalue weighted by atomic mass is 35.5. The lowest BCUT2D eigenvalue weighted by molar-refractivity contribution is -0.136. The van der Waals surface area contributed by atoms with Gasteiger partial charge in [0, 0.05) is 50.9 Å². The normalized spacial score (nSPS) is 22.2. The monoisotopic (exact) mass is 618 g/mol. The summed E-state index contributed by atoms with van der Waals surface area (Å²) in [5, 5.41) is 25.5. The first-order valence-electron chi connectivity index (χ1n) is 15.6. The molecule has 1 unspecified atom stereocenters. The van der Waals surface area contributed by atoms with E-state index in [1.54, 1.807) is 4.90 Å². The van der Waals surface area contributed by atoms with Gasteiger partial charge >= 0.3 is 0 Å². The van der Waals surface area contributed by atoms with E-state index in [0.29, 0.717) is 48.4 Å². The summed E-state index contributed by atoms with van der Waals surface area (Å²) in [6.45, 7) is 12.9. The predicted octanol–water partition coefficient (Wildman–Crippen LogP) is 4.46. The summed E-state index contributed by atoms with van der Waals surface area (Å²) < 4.78 is 20.4. The number of piperidine rings is 1.